The Balaban J connectivity index is 0.000000567. The molecule has 11 heteroatoms. The zero-order valence-electron chi connectivity index (χ0n) is 16.8. The normalized spacial score (nSPS) is 32.0. The van der Waals surface area contributed by atoms with Crippen LogP contribution in [-0.4, -0.2) is 64.9 Å². The van der Waals surface area contributed by atoms with Crippen molar-refractivity contribution in [3.8, 4) is 0 Å². The standard InChI is InChI=1S/C11H19FN2O3.C6H11FN2O.ClH/c1-6-7(12)5-8(9(13)15)14(6)10(16)17-11(2,3)4;1-3-4(7)2-5(9-3)6(8)10;/h6-8H,5H2,1-4H3,(H2,13,15);3-5,9H,2H2,1H3,(H2,8,10);1H/t6-,7+,8-;3-,4+,5-;/m00./s1. The molecule has 2 heterocycles. The van der Waals surface area contributed by atoms with E-state index in [4.69, 9.17) is 16.2 Å². The zero-order chi connectivity index (χ0) is 21.1. The van der Waals surface area contributed by atoms with Crippen LogP contribution in [0.25, 0.3) is 0 Å². The van der Waals surface area contributed by atoms with Gasteiger partial charge in [0, 0.05) is 18.9 Å². The number of nitrogens with one attached hydrogen (secondary N) is 1. The molecule has 0 bridgehead atoms. The molecule has 2 aliphatic heterocycles. The van der Waals surface area contributed by atoms with Gasteiger partial charge in [0.1, 0.15) is 24.0 Å². The quantitative estimate of drug-likeness (QED) is 0.608. The fourth-order valence-corrected chi connectivity index (χ4v) is 2.96. The molecule has 3 amide bonds. The average Bonchev–Trinajstić information content (AvgIpc) is 2.99. The second kappa shape index (κ2) is 10.2. The lowest BCUT2D eigenvalue weighted by Gasteiger charge is -2.29. The maximum Gasteiger partial charge on any atom is 0.411 e. The van der Waals surface area contributed by atoms with Crippen molar-refractivity contribution in [2.24, 2.45) is 11.5 Å². The molecule has 2 rings (SSSR count). The predicted octanol–water partition coefficient (Wildman–Crippen LogP) is 1.19. The zero-order valence-corrected chi connectivity index (χ0v) is 17.6. The summed E-state index contributed by atoms with van der Waals surface area (Å²) in [5, 5.41) is 2.75. The summed E-state index contributed by atoms with van der Waals surface area (Å²) in [6.45, 7) is 8.36. The molecule has 0 aromatic carbocycles. The first-order valence-corrected chi connectivity index (χ1v) is 8.88. The first-order valence-electron chi connectivity index (χ1n) is 8.88. The summed E-state index contributed by atoms with van der Waals surface area (Å²) in [6, 6.07) is -2.32. The van der Waals surface area contributed by atoms with Gasteiger partial charge in [0.2, 0.25) is 11.8 Å². The van der Waals surface area contributed by atoms with E-state index in [1.165, 1.54) is 6.92 Å². The van der Waals surface area contributed by atoms with E-state index >= 15 is 0 Å². The Kier molecular flexibility index (Phi) is 9.59. The van der Waals surface area contributed by atoms with Crippen LogP contribution in [0.2, 0.25) is 0 Å². The fourth-order valence-electron chi connectivity index (χ4n) is 2.96. The van der Waals surface area contributed by atoms with Crippen LogP contribution in [0.3, 0.4) is 0 Å². The number of nitrogens with zero attached hydrogens (tertiary/aromatic N) is 1. The summed E-state index contributed by atoms with van der Waals surface area (Å²) < 4.78 is 31.3. The summed E-state index contributed by atoms with van der Waals surface area (Å²) in [4.78, 5) is 34.6. The van der Waals surface area contributed by atoms with Crippen molar-refractivity contribution in [3.05, 3.63) is 0 Å². The molecule has 0 radical (unpaired) electrons. The van der Waals surface area contributed by atoms with Crippen LogP contribution >= 0.6 is 12.4 Å². The topological polar surface area (TPSA) is 128 Å². The number of rotatable bonds is 2. The second-order valence-electron chi connectivity index (χ2n) is 7.96. The summed E-state index contributed by atoms with van der Waals surface area (Å²) >= 11 is 0. The number of alkyl halides is 2. The van der Waals surface area contributed by atoms with Gasteiger partial charge >= 0.3 is 6.09 Å². The largest absolute Gasteiger partial charge is 0.444 e. The fraction of sp³-hybridized carbons (Fsp3) is 0.824. The van der Waals surface area contributed by atoms with E-state index < -0.39 is 54.0 Å². The minimum Gasteiger partial charge on any atom is -0.444 e. The molecule has 2 fully saturated rings. The van der Waals surface area contributed by atoms with Gasteiger partial charge in [-0.1, -0.05) is 0 Å². The van der Waals surface area contributed by atoms with Crippen molar-refractivity contribution in [3.63, 3.8) is 0 Å². The molecule has 0 unspecified atom stereocenters. The Morgan fingerprint density at radius 2 is 1.57 bits per heavy atom. The van der Waals surface area contributed by atoms with E-state index in [2.05, 4.69) is 5.32 Å². The Bertz CT molecular complexity index is 566. The third kappa shape index (κ3) is 7.05. The predicted molar refractivity (Wildman–Crippen MR) is 102 cm³/mol. The van der Waals surface area contributed by atoms with Crippen molar-refractivity contribution in [1.82, 2.24) is 10.2 Å². The van der Waals surface area contributed by atoms with Crippen molar-refractivity contribution in [1.29, 1.82) is 0 Å². The number of hydrogen-bond donors (Lipinski definition) is 3. The molecule has 0 saturated carbocycles. The highest BCUT2D eigenvalue weighted by molar-refractivity contribution is 5.85. The number of carbonyl (C=O) groups excluding carboxylic acids is 3. The van der Waals surface area contributed by atoms with Crippen LogP contribution in [0.5, 0.6) is 0 Å². The number of amides is 3. The number of carbonyl (C=O) groups is 3. The third-order valence-corrected chi connectivity index (χ3v) is 4.49. The minimum absolute atomic E-state index is 0. The van der Waals surface area contributed by atoms with Gasteiger partial charge in [-0.2, -0.15) is 0 Å². The van der Waals surface area contributed by atoms with Gasteiger partial charge in [0.05, 0.1) is 12.1 Å². The summed E-state index contributed by atoms with van der Waals surface area (Å²) in [5.74, 6) is -1.17. The highest BCUT2D eigenvalue weighted by Crippen LogP contribution is 2.28. The molecule has 0 aromatic rings. The van der Waals surface area contributed by atoms with Crippen molar-refractivity contribution in [2.75, 3.05) is 0 Å². The average molecular weight is 429 g/mol. The van der Waals surface area contributed by atoms with E-state index in [1.54, 1.807) is 27.7 Å². The minimum atomic E-state index is -1.25. The van der Waals surface area contributed by atoms with E-state index in [0.717, 1.165) is 4.90 Å². The number of ether oxygens (including phenoxy) is 1. The number of halogens is 3. The molecular formula is C17H31ClF2N4O4. The number of likely N-dealkylation sites (tertiary alicyclic amines) is 1. The molecule has 5 N–H and O–H groups in total. The van der Waals surface area contributed by atoms with Crippen LogP contribution in [0, 0.1) is 0 Å². The van der Waals surface area contributed by atoms with Crippen molar-refractivity contribution >= 4 is 30.3 Å². The molecule has 0 aliphatic carbocycles. The van der Waals surface area contributed by atoms with Crippen molar-refractivity contribution in [2.45, 2.75) is 89.6 Å². The van der Waals surface area contributed by atoms with Gasteiger partial charge in [-0.25, -0.2) is 13.6 Å². The summed E-state index contributed by atoms with van der Waals surface area (Å²) in [5.41, 5.74) is 9.43. The molecule has 8 nitrogen and oxygen atoms in total. The Morgan fingerprint density at radius 1 is 1.04 bits per heavy atom. The van der Waals surface area contributed by atoms with Gasteiger partial charge in [-0.15, -0.1) is 12.4 Å². The van der Waals surface area contributed by atoms with E-state index in [0.29, 0.717) is 0 Å². The maximum absolute atomic E-state index is 13.5. The lowest BCUT2D eigenvalue weighted by molar-refractivity contribution is -0.122. The van der Waals surface area contributed by atoms with Gasteiger partial charge < -0.3 is 21.5 Å². The highest BCUT2D eigenvalue weighted by atomic mass is 35.5. The van der Waals surface area contributed by atoms with Gasteiger partial charge in [0.25, 0.3) is 0 Å². The summed E-state index contributed by atoms with van der Waals surface area (Å²) in [7, 11) is 0. The Hall–Kier alpha value is -1.68. The molecular weight excluding hydrogens is 398 g/mol. The lowest BCUT2D eigenvalue weighted by Crippen LogP contribution is -2.48. The Morgan fingerprint density at radius 3 is 1.89 bits per heavy atom. The van der Waals surface area contributed by atoms with Crippen molar-refractivity contribution < 1.29 is 27.9 Å². The van der Waals surface area contributed by atoms with Crippen LogP contribution in [0.15, 0.2) is 0 Å². The number of hydrogen-bond acceptors (Lipinski definition) is 5. The van der Waals surface area contributed by atoms with Gasteiger partial charge in [-0.05, 0) is 34.6 Å². The molecule has 2 aliphatic rings. The molecule has 164 valence electrons. The van der Waals surface area contributed by atoms with Crippen LogP contribution in [-0.2, 0) is 14.3 Å². The molecule has 28 heavy (non-hydrogen) atoms. The molecule has 0 aromatic heterocycles. The van der Waals surface area contributed by atoms with E-state index in [9.17, 15) is 23.2 Å². The number of nitrogens with two attached hydrogens (primary N) is 2. The number of primary amides is 2. The third-order valence-electron chi connectivity index (χ3n) is 4.49. The first kappa shape index (κ1) is 26.3. The lowest BCUT2D eigenvalue weighted by atomic mass is 10.2. The maximum atomic E-state index is 13.5. The first-order chi connectivity index (χ1) is 12.2. The van der Waals surface area contributed by atoms with Gasteiger partial charge in [0.15, 0.2) is 0 Å². The van der Waals surface area contributed by atoms with Gasteiger partial charge in [-0.3, -0.25) is 14.5 Å². The van der Waals surface area contributed by atoms with Crippen LogP contribution in [0.1, 0.15) is 47.5 Å². The van der Waals surface area contributed by atoms with E-state index in [-0.39, 0.29) is 31.3 Å². The Labute approximate surface area is 170 Å². The van der Waals surface area contributed by atoms with Crippen LogP contribution < -0.4 is 16.8 Å². The monoisotopic (exact) mass is 428 g/mol. The van der Waals surface area contributed by atoms with Crippen LogP contribution in [0.4, 0.5) is 13.6 Å². The SMILES string of the molecule is C[C@@H]1N[C@H](C(N)=O)C[C@H]1F.C[C@H]1[C@H](F)C[C@@H](C(N)=O)N1C(=O)OC(C)(C)C.Cl. The smallest absolute Gasteiger partial charge is 0.411 e. The van der Waals surface area contributed by atoms with E-state index in [1.807, 2.05) is 0 Å². The molecule has 0 spiro atoms. The highest BCUT2D eigenvalue weighted by Gasteiger charge is 2.46. The molecule has 2 saturated heterocycles. The molecule has 6 atom stereocenters. The summed E-state index contributed by atoms with van der Waals surface area (Å²) in [6.07, 6.45) is -2.72. The second-order valence-corrected chi connectivity index (χ2v) is 7.96.